The first-order chi connectivity index (χ1) is 21.0. The maximum absolute atomic E-state index is 14.0. The number of piperidine rings is 1. The predicted molar refractivity (Wildman–Crippen MR) is 160 cm³/mol. The minimum atomic E-state index is -4.59. The summed E-state index contributed by atoms with van der Waals surface area (Å²) in [5.74, 6) is 0.264. The molecule has 1 aliphatic heterocycles. The Labute approximate surface area is 256 Å². The lowest BCUT2D eigenvalue weighted by Gasteiger charge is -2.27. The van der Waals surface area contributed by atoms with E-state index in [1.54, 1.807) is 39.8 Å². The largest absolute Gasteiger partial charge is 0.433 e. The first-order valence-electron chi connectivity index (χ1n) is 13.8. The van der Waals surface area contributed by atoms with Gasteiger partial charge in [0.25, 0.3) is 0 Å². The number of fused-ring (bicyclic) bond motifs is 4. The topological polar surface area (TPSA) is 132 Å². The molecule has 224 valence electrons. The Morgan fingerprint density at radius 3 is 2.68 bits per heavy atom. The van der Waals surface area contributed by atoms with Crippen LogP contribution in [0.2, 0.25) is 0 Å². The molecule has 1 aromatic carbocycles. The van der Waals surface area contributed by atoms with Crippen LogP contribution in [0.3, 0.4) is 0 Å². The molecular weight excluding hydrogens is 641 g/mol. The molecule has 1 saturated carbocycles. The van der Waals surface area contributed by atoms with E-state index < -0.39 is 17.9 Å². The fourth-order valence-corrected chi connectivity index (χ4v) is 6.67. The lowest BCUT2D eigenvalue weighted by Crippen LogP contribution is -2.46. The fourth-order valence-electron chi connectivity index (χ4n) is 6.33. The van der Waals surface area contributed by atoms with E-state index in [2.05, 4.69) is 41.2 Å². The Hall–Kier alpha value is -4.59. The van der Waals surface area contributed by atoms with Crippen LogP contribution in [-0.4, -0.2) is 53.3 Å². The minimum Gasteiger partial charge on any atom is -0.383 e. The van der Waals surface area contributed by atoms with Crippen molar-refractivity contribution in [2.24, 2.45) is 5.92 Å². The number of hydrogen-bond acceptors (Lipinski definition) is 7. The van der Waals surface area contributed by atoms with Crippen LogP contribution in [0.25, 0.3) is 33.1 Å². The van der Waals surface area contributed by atoms with Crippen molar-refractivity contribution in [1.82, 2.24) is 29.4 Å². The summed E-state index contributed by atoms with van der Waals surface area (Å²) in [6, 6.07) is 10.5. The highest BCUT2D eigenvalue weighted by Gasteiger charge is 2.56. The summed E-state index contributed by atoms with van der Waals surface area (Å²) in [5, 5.41) is 3.92. The second kappa shape index (κ2) is 10.3. The predicted octanol–water partition coefficient (Wildman–Crippen LogP) is 5.34. The number of aryl methyl sites for hydroxylation is 1. The van der Waals surface area contributed by atoms with Gasteiger partial charge < -0.3 is 20.5 Å². The monoisotopic (exact) mass is 664 g/mol. The molecule has 10 nitrogen and oxygen atoms in total. The summed E-state index contributed by atoms with van der Waals surface area (Å²) in [4.78, 5) is 45.3. The molecule has 1 unspecified atom stereocenters. The van der Waals surface area contributed by atoms with Gasteiger partial charge in [-0.15, -0.1) is 0 Å². The number of carbonyl (C=O) groups is 2. The number of amides is 2. The van der Waals surface area contributed by atoms with Crippen LogP contribution in [0, 0.1) is 12.8 Å². The smallest absolute Gasteiger partial charge is 0.383 e. The molecule has 4 aromatic heterocycles. The molecule has 0 bridgehead atoms. The number of benzene rings is 1. The molecule has 5 aromatic rings. The summed E-state index contributed by atoms with van der Waals surface area (Å²) >= 11 is 3.30. The van der Waals surface area contributed by atoms with Gasteiger partial charge in [0.2, 0.25) is 11.8 Å². The van der Waals surface area contributed by atoms with Gasteiger partial charge in [0.15, 0.2) is 0 Å². The number of rotatable bonds is 5. The summed E-state index contributed by atoms with van der Waals surface area (Å²) in [7, 11) is 0. The number of anilines is 2. The Balaban J connectivity index is 1.26. The van der Waals surface area contributed by atoms with Crippen molar-refractivity contribution in [1.29, 1.82) is 0 Å². The van der Waals surface area contributed by atoms with E-state index in [0.29, 0.717) is 55.5 Å². The summed E-state index contributed by atoms with van der Waals surface area (Å²) in [6.45, 7) is 1.70. The van der Waals surface area contributed by atoms with Gasteiger partial charge in [0, 0.05) is 17.6 Å². The molecule has 2 aliphatic rings. The second-order valence-electron chi connectivity index (χ2n) is 11.1. The van der Waals surface area contributed by atoms with E-state index in [1.807, 2.05) is 6.92 Å². The van der Waals surface area contributed by atoms with E-state index >= 15 is 0 Å². The average Bonchev–Trinajstić information content (AvgIpc) is 3.51. The lowest BCUT2D eigenvalue weighted by atomic mass is 10.00. The number of halogens is 4. The number of carbonyl (C=O) groups excluding carboxylic acids is 2. The van der Waals surface area contributed by atoms with E-state index in [-0.39, 0.29) is 36.1 Å². The van der Waals surface area contributed by atoms with Crippen molar-refractivity contribution in [3.63, 3.8) is 0 Å². The molecule has 1 saturated heterocycles. The van der Waals surface area contributed by atoms with Gasteiger partial charge in [-0.1, -0.05) is 6.07 Å². The van der Waals surface area contributed by atoms with E-state index in [1.165, 1.54) is 12.4 Å². The molecule has 7 rings (SSSR count). The van der Waals surface area contributed by atoms with Crippen LogP contribution >= 0.6 is 15.9 Å². The highest BCUT2D eigenvalue weighted by atomic mass is 79.9. The first kappa shape index (κ1) is 28.2. The molecule has 5 heterocycles. The molecule has 1 aliphatic carbocycles. The number of nitrogens with zero attached hydrogens (tertiary/aromatic N) is 6. The molecule has 2 amide bonds. The molecule has 3 N–H and O–H groups in total. The SMILES string of the molecule is Cc1cc(-c2ccnc(C(F)(F)F)c2)cc2c3c(N)ncnc3n(CC(=O)N3[C@@H]4CC4C[C@H]3C(=O)Nc3cccc(Br)n3)c12. The average molecular weight is 665 g/mol. The Bertz CT molecular complexity index is 2000. The van der Waals surface area contributed by atoms with Crippen LogP contribution in [0.4, 0.5) is 24.8 Å². The number of likely N-dealkylation sites (tertiary alicyclic amines) is 1. The Kier molecular flexibility index (Phi) is 6.57. The quantitative estimate of drug-likeness (QED) is 0.242. The Morgan fingerprint density at radius 1 is 1.09 bits per heavy atom. The van der Waals surface area contributed by atoms with Crippen molar-refractivity contribution in [3.05, 3.63) is 70.8 Å². The maximum atomic E-state index is 14.0. The number of nitrogen functional groups attached to an aromatic ring is 1. The normalized spacial score (nSPS) is 19.4. The van der Waals surface area contributed by atoms with E-state index in [4.69, 9.17) is 5.73 Å². The zero-order valence-corrected chi connectivity index (χ0v) is 24.7. The van der Waals surface area contributed by atoms with Crippen molar-refractivity contribution < 1.29 is 22.8 Å². The van der Waals surface area contributed by atoms with Gasteiger partial charge >= 0.3 is 6.18 Å². The van der Waals surface area contributed by atoms with E-state index in [0.717, 1.165) is 18.7 Å². The van der Waals surface area contributed by atoms with Gasteiger partial charge in [-0.25, -0.2) is 15.0 Å². The van der Waals surface area contributed by atoms with Gasteiger partial charge in [0.05, 0.1) is 10.9 Å². The van der Waals surface area contributed by atoms with Gasteiger partial charge in [-0.05, 0) is 94.7 Å². The van der Waals surface area contributed by atoms with E-state index in [9.17, 15) is 22.8 Å². The number of alkyl halides is 3. The van der Waals surface area contributed by atoms with Gasteiger partial charge in [0.1, 0.15) is 46.5 Å². The molecule has 14 heteroatoms. The maximum Gasteiger partial charge on any atom is 0.433 e. The highest BCUT2D eigenvalue weighted by Crippen LogP contribution is 2.48. The molecule has 0 spiro atoms. The number of hydrogen-bond donors (Lipinski definition) is 2. The minimum absolute atomic E-state index is 0.0243. The van der Waals surface area contributed by atoms with Crippen LogP contribution in [0.15, 0.2) is 59.6 Å². The van der Waals surface area contributed by atoms with Crippen LogP contribution in [-0.2, 0) is 22.3 Å². The van der Waals surface area contributed by atoms with Gasteiger partial charge in [-0.2, -0.15) is 13.2 Å². The van der Waals surface area contributed by atoms with Crippen molar-refractivity contribution in [3.8, 4) is 11.1 Å². The third-order valence-electron chi connectivity index (χ3n) is 8.29. The molecule has 2 fully saturated rings. The molecule has 44 heavy (non-hydrogen) atoms. The second-order valence-corrected chi connectivity index (χ2v) is 11.9. The van der Waals surface area contributed by atoms with Crippen LogP contribution in [0.5, 0.6) is 0 Å². The highest BCUT2D eigenvalue weighted by molar-refractivity contribution is 9.10. The number of pyridine rings is 2. The first-order valence-corrected chi connectivity index (χ1v) is 14.6. The summed E-state index contributed by atoms with van der Waals surface area (Å²) in [5.41, 5.74) is 7.93. The third-order valence-corrected chi connectivity index (χ3v) is 8.73. The third kappa shape index (κ3) is 4.82. The van der Waals surface area contributed by atoms with Crippen molar-refractivity contribution >= 4 is 61.3 Å². The van der Waals surface area contributed by atoms with Gasteiger partial charge in [-0.3, -0.25) is 14.6 Å². The van der Waals surface area contributed by atoms with Crippen molar-refractivity contribution in [2.75, 3.05) is 11.1 Å². The Morgan fingerprint density at radius 2 is 1.91 bits per heavy atom. The standard InChI is InChI=1S/C30H24BrF3N8O2/c1-14-7-16(15-5-6-36-21(11-15)30(32,33)34)8-18-25-27(35)37-13-38-28(25)41(26(14)18)12-24(43)42-19-9-17(19)10-20(42)29(44)40-23-4-2-3-22(31)39-23/h2-8,11,13,17,19-20H,9-10,12H2,1H3,(H2,35,37,38)(H,39,40,44)/t17?,19-,20+/m1/s1. The number of nitrogens with two attached hydrogens (primary N) is 1. The fraction of sp³-hybridized carbons (Fsp3) is 0.267. The lowest BCUT2D eigenvalue weighted by molar-refractivity contribution is -0.141. The number of aromatic nitrogens is 5. The van der Waals surface area contributed by atoms with Crippen LogP contribution < -0.4 is 11.1 Å². The van der Waals surface area contributed by atoms with Crippen LogP contribution in [0.1, 0.15) is 24.1 Å². The van der Waals surface area contributed by atoms with Crippen molar-refractivity contribution in [2.45, 2.75) is 44.6 Å². The summed E-state index contributed by atoms with van der Waals surface area (Å²) in [6.07, 6.45) is -0.769. The molecule has 0 radical (unpaired) electrons. The molecular formula is C30H24BrF3N8O2. The zero-order chi connectivity index (χ0) is 30.9. The zero-order valence-electron chi connectivity index (χ0n) is 23.1. The number of nitrogens with one attached hydrogen (secondary N) is 1. The summed E-state index contributed by atoms with van der Waals surface area (Å²) < 4.78 is 42.5. The molecule has 3 atom stereocenters.